The summed E-state index contributed by atoms with van der Waals surface area (Å²) < 4.78 is 2.17. The van der Waals surface area contributed by atoms with Gasteiger partial charge in [0.25, 0.3) is 0 Å². The Morgan fingerprint density at radius 1 is 1.21 bits per heavy atom. The van der Waals surface area contributed by atoms with Crippen molar-refractivity contribution in [1.29, 1.82) is 0 Å². The van der Waals surface area contributed by atoms with Crippen molar-refractivity contribution in [2.45, 2.75) is 44.7 Å². The van der Waals surface area contributed by atoms with Gasteiger partial charge in [0.2, 0.25) is 5.95 Å². The first kappa shape index (κ1) is 12.2. The van der Waals surface area contributed by atoms with Crippen LogP contribution in [0.4, 0.5) is 5.95 Å². The molecule has 0 aromatic carbocycles. The predicted octanol–water partition coefficient (Wildman–Crippen LogP) is 3.24. The van der Waals surface area contributed by atoms with Gasteiger partial charge in [0.05, 0.1) is 11.7 Å². The van der Waals surface area contributed by atoms with Crippen molar-refractivity contribution in [2.75, 3.05) is 5.32 Å². The molecule has 1 saturated carbocycles. The molecule has 4 heteroatoms. The summed E-state index contributed by atoms with van der Waals surface area (Å²) in [6.45, 7) is 2.16. The molecule has 1 fully saturated rings. The number of nitrogens with one attached hydrogen (secondary N) is 1. The molecule has 2 aromatic rings. The first-order chi connectivity index (χ1) is 9.34. The number of pyridine rings is 1. The van der Waals surface area contributed by atoms with Gasteiger partial charge in [0.1, 0.15) is 0 Å². The largest absolute Gasteiger partial charge is 0.353 e. The SMILES string of the molecule is CC(c1ccccn1)n1ccnc1NC1CCCC1. The maximum absolute atomic E-state index is 4.45. The molecule has 0 spiro atoms. The van der Waals surface area contributed by atoms with Crippen LogP contribution in [0.25, 0.3) is 0 Å². The van der Waals surface area contributed by atoms with E-state index in [1.165, 1.54) is 25.7 Å². The van der Waals surface area contributed by atoms with Crippen LogP contribution in [0.15, 0.2) is 36.8 Å². The van der Waals surface area contributed by atoms with Gasteiger partial charge in [-0.05, 0) is 31.9 Å². The van der Waals surface area contributed by atoms with Gasteiger partial charge in [-0.15, -0.1) is 0 Å². The maximum Gasteiger partial charge on any atom is 0.203 e. The van der Waals surface area contributed by atoms with Crippen LogP contribution in [-0.2, 0) is 0 Å². The van der Waals surface area contributed by atoms with E-state index >= 15 is 0 Å². The summed E-state index contributed by atoms with van der Waals surface area (Å²) in [6, 6.07) is 6.82. The molecule has 19 heavy (non-hydrogen) atoms. The van der Waals surface area contributed by atoms with E-state index in [2.05, 4.69) is 32.8 Å². The molecule has 1 aliphatic carbocycles. The number of rotatable bonds is 4. The van der Waals surface area contributed by atoms with E-state index in [0.717, 1.165) is 11.6 Å². The minimum Gasteiger partial charge on any atom is -0.353 e. The van der Waals surface area contributed by atoms with Crippen molar-refractivity contribution in [3.05, 3.63) is 42.5 Å². The van der Waals surface area contributed by atoms with Crippen molar-refractivity contribution < 1.29 is 0 Å². The molecular formula is C15H20N4. The Kier molecular flexibility index (Phi) is 3.49. The lowest BCUT2D eigenvalue weighted by Crippen LogP contribution is -2.20. The number of anilines is 1. The summed E-state index contributed by atoms with van der Waals surface area (Å²) >= 11 is 0. The highest BCUT2D eigenvalue weighted by atomic mass is 15.2. The first-order valence-corrected chi connectivity index (χ1v) is 7.05. The van der Waals surface area contributed by atoms with Gasteiger partial charge in [0.15, 0.2) is 0 Å². The lowest BCUT2D eigenvalue weighted by molar-refractivity contribution is 0.614. The van der Waals surface area contributed by atoms with Crippen molar-refractivity contribution in [3.8, 4) is 0 Å². The fourth-order valence-corrected chi connectivity index (χ4v) is 2.76. The second kappa shape index (κ2) is 5.43. The van der Waals surface area contributed by atoms with E-state index in [1.54, 1.807) is 0 Å². The summed E-state index contributed by atoms with van der Waals surface area (Å²) in [7, 11) is 0. The monoisotopic (exact) mass is 256 g/mol. The smallest absolute Gasteiger partial charge is 0.203 e. The number of aromatic nitrogens is 3. The van der Waals surface area contributed by atoms with Crippen LogP contribution in [0.1, 0.15) is 44.3 Å². The van der Waals surface area contributed by atoms with Crippen LogP contribution in [0, 0.1) is 0 Å². The molecular weight excluding hydrogens is 236 g/mol. The van der Waals surface area contributed by atoms with Crippen molar-refractivity contribution >= 4 is 5.95 Å². The van der Waals surface area contributed by atoms with Crippen molar-refractivity contribution in [3.63, 3.8) is 0 Å². The average Bonchev–Trinajstić information content (AvgIpc) is 3.11. The van der Waals surface area contributed by atoms with E-state index in [9.17, 15) is 0 Å². The lowest BCUT2D eigenvalue weighted by atomic mass is 10.2. The Labute approximate surface area is 113 Å². The zero-order valence-corrected chi connectivity index (χ0v) is 11.3. The number of hydrogen-bond acceptors (Lipinski definition) is 3. The minimum absolute atomic E-state index is 0.201. The van der Waals surface area contributed by atoms with Crippen LogP contribution in [0.5, 0.6) is 0 Å². The molecule has 0 saturated heterocycles. The zero-order valence-electron chi connectivity index (χ0n) is 11.3. The molecule has 1 aliphatic rings. The van der Waals surface area contributed by atoms with E-state index in [4.69, 9.17) is 0 Å². The summed E-state index contributed by atoms with van der Waals surface area (Å²) in [5.74, 6) is 0.963. The zero-order chi connectivity index (χ0) is 13.1. The molecule has 3 rings (SSSR count). The third kappa shape index (κ3) is 2.62. The van der Waals surface area contributed by atoms with E-state index < -0.39 is 0 Å². The molecule has 2 heterocycles. The van der Waals surface area contributed by atoms with Crippen LogP contribution in [-0.4, -0.2) is 20.6 Å². The molecule has 0 aliphatic heterocycles. The summed E-state index contributed by atoms with van der Waals surface area (Å²) in [6.07, 6.45) is 10.9. The van der Waals surface area contributed by atoms with Gasteiger partial charge in [-0.1, -0.05) is 18.9 Å². The number of hydrogen-bond donors (Lipinski definition) is 1. The van der Waals surface area contributed by atoms with Gasteiger partial charge in [0, 0.05) is 24.6 Å². The minimum atomic E-state index is 0.201. The Bertz CT molecular complexity index is 514. The fraction of sp³-hybridized carbons (Fsp3) is 0.467. The van der Waals surface area contributed by atoms with Crippen LogP contribution in [0.2, 0.25) is 0 Å². The Morgan fingerprint density at radius 3 is 2.79 bits per heavy atom. The summed E-state index contributed by atoms with van der Waals surface area (Å²) in [4.78, 5) is 8.88. The second-order valence-corrected chi connectivity index (χ2v) is 5.21. The lowest BCUT2D eigenvalue weighted by Gasteiger charge is -2.19. The standard InChI is InChI=1S/C15H20N4/c1-12(14-8-4-5-9-16-14)19-11-10-17-15(19)18-13-6-2-3-7-13/h4-5,8-13H,2-3,6-7H2,1H3,(H,17,18). The fourth-order valence-electron chi connectivity index (χ4n) is 2.76. The van der Waals surface area contributed by atoms with E-state index in [0.29, 0.717) is 6.04 Å². The summed E-state index contributed by atoms with van der Waals surface area (Å²) in [5, 5.41) is 3.56. The first-order valence-electron chi connectivity index (χ1n) is 7.05. The highest BCUT2D eigenvalue weighted by Crippen LogP contribution is 2.24. The van der Waals surface area contributed by atoms with Gasteiger partial charge in [-0.3, -0.25) is 4.98 Å². The molecule has 2 aromatic heterocycles. The van der Waals surface area contributed by atoms with Gasteiger partial charge < -0.3 is 9.88 Å². The molecule has 0 bridgehead atoms. The molecule has 100 valence electrons. The van der Waals surface area contributed by atoms with Crippen LogP contribution < -0.4 is 5.32 Å². The molecule has 0 amide bonds. The van der Waals surface area contributed by atoms with E-state index in [1.807, 2.05) is 30.7 Å². The molecule has 1 atom stereocenters. The maximum atomic E-state index is 4.45. The van der Waals surface area contributed by atoms with Crippen LogP contribution in [0.3, 0.4) is 0 Å². The third-order valence-electron chi connectivity index (χ3n) is 3.89. The number of nitrogens with zero attached hydrogens (tertiary/aromatic N) is 3. The Balaban J connectivity index is 1.79. The van der Waals surface area contributed by atoms with Crippen molar-refractivity contribution in [1.82, 2.24) is 14.5 Å². The highest BCUT2D eigenvalue weighted by molar-refractivity contribution is 5.30. The predicted molar refractivity (Wildman–Crippen MR) is 76.2 cm³/mol. The Morgan fingerprint density at radius 2 is 2.05 bits per heavy atom. The average molecular weight is 256 g/mol. The molecule has 0 radical (unpaired) electrons. The van der Waals surface area contributed by atoms with Crippen LogP contribution >= 0.6 is 0 Å². The molecule has 1 unspecified atom stereocenters. The quantitative estimate of drug-likeness (QED) is 0.913. The van der Waals surface area contributed by atoms with E-state index in [-0.39, 0.29) is 6.04 Å². The van der Waals surface area contributed by atoms with Gasteiger partial charge in [-0.2, -0.15) is 0 Å². The summed E-state index contributed by atoms with van der Waals surface area (Å²) in [5.41, 5.74) is 1.06. The van der Waals surface area contributed by atoms with Crippen molar-refractivity contribution in [2.24, 2.45) is 0 Å². The highest BCUT2D eigenvalue weighted by Gasteiger charge is 2.18. The van der Waals surface area contributed by atoms with Gasteiger partial charge >= 0.3 is 0 Å². The van der Waals surface area contributed by atoms with Gasteiger partial charge in [-0.25, -0.2) is 4.98 Å². The normalized spacial score (nSPS) is 17.5. The Hall–Kier alpha value is -1.84. The molecule has 4 nitrogen and oxygen atoms in total. The molecule has 1 N–H and O–H groups in total. The third-order valence-corrected chi connectivity index (χ3v) is 3.89. The topological polar surface area (TPSA) is 42.7 Å². The second-order valence-electron chi connectivity index (χ2n) is 5.21. The number of imidazole rings is 1.